The summed E-state index contributed by atoms with van der Waals surface area (Å²) < 4.78 is 2.03. The molecule has 2 heterocycles. The van der Waals surface area contributed by atoms with Crippen LogP contribution >= 0.6 is 38.9 Å². The monoisotopic (exact) mass is 339 g/mol. The van der Waals surface area contributed by atoms with E-state index in [-0.39, 0.29) is 0 Å². The van der Waals surface area contributed by atoms with Crippen molar-refractivity contribution in [1.82, 2.24) is 9.97 Å². The van der Waals surface area contributed by atoms with E-state index in [4.69, 9.17) is 11.6 Å². The fourth-order valence-corrected chi connectivity index (χ4v) is 2.96. The summed E-state index contributed by atoms with van der Waals surface area (Å²) in [5.74, 6) is 0. The second-order valence-corrected chi connectivity index (χ2v) is 6.03. The lowest BCUT2D eigenvalue weighted by Crippen LogP contribution is -1.89. The number of hydrogen-bond acceptors (Lipinski definition) is 4. The maximum atomic E-state index is 5.94. The zero-order chi connectivity index (χ0) is 12.5. The molecular weight excluding hydrogens is 334 g/mol. The summed E-state index contributed by atoms with van der Waals surface area (Å²) >= 11 is 10.9. The van der Waals surface area contributed by atoms with Crippen LogP contribution in [0.5, 0.6) is 0 Å². The summed E-state index contributed by atoms with van der Waals surface area (Å²) in [6.45, 7) is 0. The van der Waals surface area contributed by atoms with E-state index in [1.54, 1.807) is 23.7 Å². The van der Waals surface area contributed by atoms with E-state index in [0.29, 0.717) is 5.02 Å². The minimum Gasteiger partial charge on any atom is -0.330 e. The van der Waals surface area contributed by atoms with Crippen LogP contribution in [0, 0.1) is 0 Å². The van der Waals surface area contributed by atoms with Gasteiger partial charge in [-0.05, 0) is 40.2 Å². The van der Waals surface area contributed by atoms with Crippen LogP contribution in [0.15, 0.2) is 41.1 Å². The Kier molecular flexibility index (Phi) is 3.20. The third kappa shape index (κ3) is 2.48. The van der Waals surface area contributed by atoms with E-state index in [0.717, 1.165) is 25.5 Å². The Balaban J connectivity index is 1.95. The van der Waals surface area contributed by atoms with Crippen LogP contribution in [0.25, 0.3) is 10.2 Å². The van der Waals surface area contributed by atoms with Crippen molar-refractivity contribution in [3.05, 3.63) is 46.2 Å². The first-order valence-electron chi connectivity index (χ1n) is 5.14. The van der Waals surface area contributed by atoms with Gasteiger partial charge in [0.1, 0.15) is 0 Å². The first kappa shape index (κ1) is 11.9. The maximum absolute atomic E-state index is 5.94. The molecule has 18 heavy (non-hydrogen) atoms. The van der Waals surface area contributed by atoms with E-state index in [1.165, 1.54) is 0 Å². The van der Waals surface area contributed by atoms with Gasteiger partial charge in [0.2, 0.25) is 0 Å². The van der Waals surface area contributed by atoms with E-state index in [2.05, 4.69) is 31.2 Å². The quantitative estimate of drug-likeness (QED) is 0.724. The Hall–Kier alpha value is -1.17. The molecule has 0 atom stereocenters. The highest BCUT2D eigenvalue weighted by atomic mass is 79.9. The maximum Gasteiger partial charge on any atom is 0.188 e. The lowest BCUT2D eigenvalue weighted by molar-refractivity contribution is 1.30. The Morgan fingerprint density at radius 1 is 1.22 bits per heavy atom. The van der Waals surface area contributed by atoms with Gasteiger partial charge < -0.3 is 5.32 Å². The summed E-state index contributed by atoms with van der Waals surface area (Å²) in [4.78, 5) is 8.57. The van der Waals surface area contributed by atoms with Gasteiger partial charge in [0.25, 0.3) is 0 Å². The van der Waals surface area contributed by atoms with Gasteiger partial charge in [0.05, 0.1) is 22.1 Å². The molecule has 0 radical (unpaired) electrons. The minimum atomic E-state index is 0.698. The fourth-order valence-electron chi connectivity index (χ4n) is 1.56. The van der Waals surface area contributed by atoms with Crippen LogP contribution in [0.1, 0.15) is 0 Å². The van der Waals surface area contributed by atoms with Crippen molar-refractivity contribution in [2.45, 2.75) is 0 Å². The molecule has 0 spiro atoms. The lowest BCUT2D eigenvalue weighted by atomic mass is 10.3. The van der Waals surface area contributed by atoms with Gasteiger partial charge in [-0.2, -0.15) is 0 Å². The topological polar surface area (TPSA) is 37.8 Å². The summed E-state index contributed by atoms with van der Waals surface area (Å²) in [5, 5.41) is 4.75. The second-order valence-electron chi connectivity index (χ2n) is 3.65. The van der Waals surface area contributed by atoms with Crippen LogP contribution in [-0.4, -0.2) is 9.97 Å². The Labute approximate surface area is 121 Å². The summed E-state index contributed by atoms with van der Waals surface area (Å²) in [6, 6.07) is 7.65. The van der Waals surface area contributed by atoms with Gasteiger partial charge in [0, 0.05) is 15.7 Å². The van der Waals surface area contributed by atoms with Crippen LogP contribution < -0.4 is 5.32 Å². The molecule has 6 heteroatoms. The molecule has 0 aliphatic rings. The second kappa shape index (κ2) is 4.84. The van der Waals surface area contributed by atoms with Crippen molar-refractivity contribution in [2.24, 2.45) is 0 Å². The molecule has 0 fully saturated rings. The van der Waals surface area contributed by atoms with E-state index < -0.39 is 0 Å². The summed E-state index contributed by atoms with van der Waals surface area (Å²) in [7, 11) is 0. The number of fused-ring (bicyclic) bond motifs is 1. The zero-order valence-corrected chi connectivity index (χ0v) is 12.2. The number of nitrogens with one attached hydrogen (secondary N) is 1. The third-order valence-electron chi connectivity index (χ3n) is 2.31. The predicted octanol–water partition coefficient (Wildman–Crippen LogP) is 4.85. The van der Waals surface area contributed by atoms with Crippen molar-refractivity contribution >= 4 is 59.9 Å². The molecule has 3 rings (SSSR count). The predicted molar refractivity (Wildman–Crippen MR) is 79.8 cm³/mol. The molecular formula is C12H7BrClN3S. The summed E-state index contributed by atoms with van der Waals surface area (Å²) in [6.07, 6.45) is 3.49. The van der Waals surface area contributed by atoms with E-state index >= 15 is 0 Å². The van der Waals surface area contributed by atoms with E-state index in [9.17, 15) is 0 Å². The normalized spacial score (nSPS) is 10.8. The van der Waals surface area contributed by atoms with Crippen molar-refractivity contribution in [1.29, 1.82) is 0 Å². The summed E-state index contributed by atoms with van der Waals surface area (Å²) in [5.41, 5.74) is 1.80. The Morgan fingerprint density at radius 2 is 2.11 bits per heavy atom. The number of benzene rings is 1. The number of hydrogen-bond donors (Lipinski definition) is 1. The molecule has 0 aliphatic heterocycles. The molecule has 2 aromatic heterocycles. The van der Waals surface area contributed by atoms with Crippen LogP contribution in [0.2, 0.25) is 5.02 Å². The molecule has 90 valence electrons. The molecule has 1 aromatic carbocycles. The number of pyridine rings is 1. The number of aromatic nitrogens is 2. The van der Waals surface area contributed by atoms with Crippen LogP contribution in [-0.2, 0) is 0 Å². The number of thiazole rings is 1. The first-order valence-corrected chi connectivity index (χ1v) is 7.13. The van der Waals surface area contributed by atoms with Crippen LogP contribution in [0.3, 0.4) is 0 Å². The first-order chi connectivity index (χ1) is 8.70. The smallest absolute Gasteiger partial charge is 0.188 e. The number of nitrogens with zero attached hydrogens (tertiary/aromatic N) is 2. The average molecular weight is 341 g/mol. The minimum absolute atomic E-state index is 0.698. The van der Waals surface area contributed by atoms with Gasteiger partial charge in [-0.3, -0.25) is 4.98 Å². The lowest BCUT2D eigenvalue weighted by Gasteiger charge is -2.01. The number of rotatable bonds is 2. The van der Waals surface area contributed by atoms with Gasteiger partial charge in [-0.15, -0.1) is 0 Å². The van der Waals surface area contributed by atoms with Crippen molar-refractivity contribution < 1.29 is 0 Å². The van der Waals surface area contributed by atoms with Crippen molar-refractivity contribution in [3.63, 3.8) is 0 Å². The third-order valence-corrected chi connectivity index (χ3v) is 3.93. The van der Waals surface area contributed by atoms with Crippen LogP contribution in [0.4, 0.5) is 10.8 Å². The molecule has 0 amide bonds. The molecule has 0 saturated carbocycles. The van der Waals surface area contributed by atoms with Gasteiger partial charge >= 0.3 is 0 Å². The number of anilines is 2. The van der Waals surface area contributed by atoms with Gasteiger partial charge in [-0.1, -0.05) is 22.9 Å². The van der Waals surface area contributed by atoms with E-state index in [1.807, 2.05) is 24.3 Å². The highest BCUT2D eigenvalue weighted by Gasteiger charge is 2.05. The standard InChI is InChI=1S/C12H7BrClN3S/c13-7-3-9(6-15-5-7)16-12-17-10-4-8(14)1-2-11(10)18-12/h1-6H,(H,16,17). The highest BCUT2D eigenvalue weighted by Crippen LogP contribution is 2.30. The molecule has 1 N–H and O–H groups in total. The largest absolute Gasteiger partial charge is 0.330 e. The molecule has 3 aromatic rings. The molecule has 0 saturated heterocycles. The Bertz CT molecular complexity index is 713. The Morgan fingerprint density at radius 3 is 2.94 bits per heavy atom. The van der Waals surface area contributed by atoms with Crippen molar-refractivity contribution in [2.75, 3.05) is 5.32 Å². The SMILES string of the molecule is Clc1ccc2sc(Nc3cncc(Br)c3)nc2c1. The van der Waals surface area contributed by atoms with Gasteiger partial charge in [-0.25, -0.2) is 4.98 Å². The zero-order valence-electron chi connectivity index (χ0n) is 9.02. The molecule has 0 unspecified atom stereocenters. The number of halogens is 2. The van der Waals surface area contributed by atoms with Crippen molar-refractivity contribution in [3.8, 4) is 0 Å². The molecule has 0 aliphatic carbocycles. The fraction of sp³-hybridized carbons (Fsp3) is 0. The average Bonchev–Trinajstić information content (AvgIpc) is 2.70. The van der Waals surface area contributed by atoms with Gasteiger partial charge in [0.15, 0.2) is 5.13 Å². The molecule has 3 nitrogen and oxygen atoms in total. The molecule has 0 bridgehead atoms. The highest BCUT2D eigenvalue weighted by molar-refractivity contribution is 9.10.